The highest BCUT2D eigenvalue weighted by Crippen LogP contribution is 2.22. The molecular weight excluding hydrogens is 281 g/mol. The minimum absolute atomic E-state index is 0.322. The summed E-state index contributed by atoms with van der Waals surface area (Å²) in [6.07, 6.45) is 3.46. The molecule has 2 aromatic heterocycles. The minimum Gasteiger partial charge on any atom is -0.352 e. The molecule has 1 N–H and O–H groups in total. The number of anilines is 1. The molecule has 1 aliphatic heterocycles. The summed E-state index contributed by atoms with van der Waals surface area (Å²) < 4.78 is 14.4. The maximum absolute atomic E-state index is 14.4. The topological polar surface area (TPSA) is 53.9 Å². The van der Waals surface area contributed by atoms with E-state index >= 15 is 0 Å². The van der Waals surface area contributed by atoms with Crippen LogP contribution in [-0.2, 0) is 0 Å². The Kier molecular flexibility index (Phi) is 4.02. The summed E-state index contributed by atoms with van der Waals surface area (Å²) in [5, 5.41) is 3.13. The number of alkyl halides is 1. The van der Waals surface area contributed by atoms with Crippen LogP contribution in [0.1, 0.15) is 12.6 Å². The van der Waals surface area contributed by atoms with Gasteiger partial charge >= 0.3 is 0 Å². The lowest BCUT2D eigenvalue weighted by Gasteiger charge is -2.27. The number of rotatable bonds is 2. The zero-order chi connectivity index (χ0) is 15.6. The SMILES string of the molecule is Cc1cc(N2CCNCC(C)(F)C2)nc(-c2cccnc2)n1. The van der Waals surface area contributed by atoms with Crippen molar-refractivity contribution in [2.75, 3.05) is 31.1 Å². The molecule has 1 unspecified atom stereocenters. The van der Waals surface area contributed by atoms with Crippen molar-refractivity contribution in [1.29, 1.82) is 0 Å². The lowest BCUT2D eigenvalue weighted by molar-refractivity contribution is 0.201. The van der Waals surface area contributed by atoms with E-state index in [4.69, 9.17) is 0 Å². The van der Waals surface area contributed by atoms with E-state index in [0.29, 0.717) is 18.9 Å². The van der Waals surface area contributed by atoms with Crippen LogP contribution in [0.4, 0.5) is 10.2 Å². The molecule has 1 aliphatic rings. The zero-order valence-electron chi connectivity index (χ0n) is 12.9. The minimum atomic E-state index is -1.27. The maximum atomic E-state index is 14.4. The van der Waals surface area contributed by atoms with Gasteiger partial charge in [-0.2, -0.15) is 0 Å². The molecule has 116 valence electrons. The molecule has 0 aromatic carbocycles. The fourth-order valence-corrected chi connectivity index (χ4v) is 2.63. The molecule has 0 bridgehead atoms. The molecule has 0 saturated carbocycles. The summed E-state index contributed by atoms with van der Waals surface area (Å²) in [5.74, 6) is 1.39. The Labute approximate surface area is 129 Å². The molecule has 2 aromatic rings. The van der Waals surface area contributed by atoms with E-state index in [9.17, 15) is 4.39 Å². The Morgan fingerprint density at radius 2 is 2.23 bits per heavy atom. The second kappa shape index (κ2) is 5.96. The predicted octanol–water partition coefficient (Wildman–Crippen LogP) is 1.98. The molecule has 22 heavy (non-hydrogen) atoms. The van der Waals surface area contributed by atoms with Gasteiger partial charge in [0.1, 0.15) is 11.5 Å². The van der Waals surface area contributed by atoms with Gasteiger partial charge in [0.15, 0.2) is 5.82 Å². The quantitative estimate of drug-likeness (QED) is 0.919. The molecule has 5 nitrogen and oxygen atoms in total. The van der Waals surface area contributed by atoms with E-state index in [-0.39, 0.29) is 0 Å². The first kappa shape index (κ1) is 14.8. The van der Waals surface area contributed by atoms with Gasteiger partial charge in [0, 0.05) is 49.4 Å². The summed E-state index contributed by atoms with van der Waals surface area (Å²) in [4.78, 5) is 15.2. The van der Waals surface area contributed by atoms with Crippen molar-refractivity contribution in [3.8, 4) is 11.4 Å². The normalized spacial score (nSPS) is 22.4. The first-order valence-corrected chi connectivity index (χ1v) is 7.44. The second-order valence-electron chi connectivity index (χ2n) is 5.94. The van der Waals surface area contributed by atoms with Crippen molar-refractivity contribution in [1.82, 2.24) is 20.3 Å². The van der Waals surface area contributed by atoms with Crippen LogP contribution in [0, 0.1) is 6.92 Å². The average molecular weight is 301 g/mol. The molecule has 0 aliphatic carbocycles. The highest BCUT2D eigenvalue weighted by Gasteiger charge is 2.29. The van der Waals surface area contributed by atoms with Gasteiger partial charge in [0.25, 0.3) is 0 Å². The number of nitrogens with one attached hydrogen (secondary N) is 1. The Morgan fingerprint density at radius 1 is 1.36 bits per heavy atom. The lowest BCUT2D eigenvalue weighted by atomic mass is 10.1. The molecule has 1 saturated heterocycles. The molecule has 1 atom stereocenters. The van der Waals surface area contributed by atoms with Gasteiger partial charge in [0.2, 0.25) is 0 Å². The van der Waals surface area contributed by atoms with Gasteiger partial charge in [-0.25, -0.2) is 14.4 Å². The second-order valence-corrected chi connectivity index (χ2v) is 5.94. The van der Waals surface area contributed by atoms with E-state index in [1.54, 1.807) is 19.3 Å². The number of halogens is 1. The van der Waals surface area contributed by atoms with Crippen LogP contribution in [-0.4, -0.2) is 46.8 Å². The van der Waals surface area contributed by atoms with Gasteiger partial charge in [0.05, 0.1) is 6.54 Å². The molecule has 3 rings (SSSR count). The van der Waals surface area contributed by atoms with Crippen LogP contribution in [0.3, 0.4) is 0 Å². The van der Waals surface area contributed by atoms with Gasteiger partial charge in [-0.15, -0.1) is 0 Å². The summed E-state index contributed by atoms with van der Waals surface area (Å²) >= 11 is 0. The standard InChI is InChI=1S/C16H20FN5/c1-12-8-14(22-7-6-19-10-16(2,17)11-22)21-15(20-12)13-4-3-5-18-9-13/h3-5,8-9,19H,6-7,10-11H2,1-2H3. The third kappa shape index (κ3) is 3.39. The number of nitrogens with zero attached hydrogens (tertiary/aromatic N) is 4. The average Bonchev–Trinajstić information content (AvgIpc) is 2.68. The van der Waals surface area contributed by atoms with Crippen LogP contribution in [0.25, 0.3) is 11.4 Å². The summed E-state index contributed by atoms with van der Waals surface area (Å²) in [6.45, 7) is 5.70. The van der Waals surface area contributed by atoms with Crippen molar-refractivity contribution < 1.29 is 4.39 Å². The number of aromatic nitrogens is 3. The van der Waals surface area contributed by atoms with Crippen LogP contribution in [0.2, 0.25) is 0 Å². The van der Waals surface area contributed by atoms with Gasteiger partial charge in [-0.3, -0.25) is 4.98 Å². The van der Waals surface area contributed by atoms with E-state index in [0.717, 1.165) is 30.2 Å². The lowest BCUT2D eigenvalue weighted by Crippen LogP contribution is -2.40. The first-order chi connectivity index (χ1) is 10.5. The molecule has 0 radical (unpaired) electrons. The molecule has 6 heteroatoms. The summed E-state index contributed by atoms with van der Waals surface area (Å²) in [6, 6.07) is 5.69. The number of hydrogen-bond acceptors (Lipinski definition) is 5. The highest BCUT2D eigenvalue weighted by molar-refractivity contribution is 5.56. The van der Waals surface area contributed by atoms with Gasteiger partial charge in [-0.05, 0) is 26.0 Å². The monoisotopic (exact) mass is 301 g/mol. The van der Waals surface area contributed by atoms with E-state index in [1.807, 2.05) is 30.0 Å². The van der Waals surface area contributed by atoms with Gasteiger partial charge < -0.3 is 10.2 Å². The smallest absolute Gasteiger partial charge is 0.163 e. The Hall–Kier alpha value is -2.08. The van der Waals surface area contributed by atoms with E-state index < -0.39 is 5.67 Å². The van der Waals surface area contributed by atoms with Crippen LogP contribution in [0.5, 0.6) is 0 Å². The summed E-state index contributed by atoms with van der Waals surface area (Å²) in [5.41, 5.74) is 0.453. The van der Waals surface area contributed by atoms with Crippen molar-refractivity contribution >= 4 is 5.82 Å². The van der Waals surface area contributed by atoms with Crippen molar-refractivity contribution in [2.24, 2.45) is 0 Å². The third-order valence-corrected chi connectivity index (χ3v) is 3.66. The Bertz CT molecular complexity index is 644. The molecule has 0 spiro atoms. The van der Waals surface area contributed by atoms with Crippen molar-refractivity contribution in [3.05, 3.63) is 36.3 Å². The zero-order valence-corrected chi connectivity index (χ0v) is 12.9. The molecule has 1 fully saturated rings. The van der Waals surface area contributed by atoms with Crippen molar-refractivity contribution in [2.45, 2.75) is 19.5 Å². The first-order valence-electron chi connectivity index (χ1n) is 7.44. The van der Waals surface area contributed by atoms with Crippen LogP contribution < -0.4 is 10.2 Å². The largest absolute Gasteiger partial charge is 0.352 e. The maximum Gasteiger partial charge on any atom is 0.163 e. The number of pyridine rings is 1. The number of aryl methyl sites for hydroxylation is 1. The third-order valence-electron chi connectivity index (χ3n) is 3.66. The number of hydrogen-bond donors (Lipinski definition) is 1. The van der Waals surface area contributed by atoms with Crippen LogP contribution in [0.15, 0.2) is 30.6 Å². The van der Waals surface area contributed by atoms with E-state index in [2.05, 4.69) is 20.3 Å². The summed E-state index contributed by atoms with van der Waals surface area (Å²) in [7, 11) is 0. The molecule has 0 amide bonds. The molecule has 3 heterocycles. The fraction of sp³-hybridized carbons (Fsp3) is 0.438. The Morgan fingerprint density at radius 3 is 3.00 bits per heavy atom. The predicted molar refractivity (Wildman–Crippen MR) is 84.6 cm³/mol. The highest BCUT2D eigenvalue weighted by atomic mass is 19.1. The van der Waals surface area contributed by atoms with E-state index in [1.165, 1.54) is 0 Å². The Balaban J connectivity index is 1.95. The molecular formula is C16H20FN5. The van der Waals surface area contributed by atoms with Gasteiger partial charge in [-0.1, -0.05) is 0 Å². The van der Waals surface area contributed by atoms with Crippen LogP contribution >= 0.6 is 0 Å². The van der Waals surface area contributed by atoms with Crippen molar-refractivity contribution in [3.63, 3.8) is 0 Å². The fourth-order valence-electron chi connectivity index (χ4n) is 2.63.